The first-order valence-electron chi connectivity index (χ1n) is 5.52. The Morgan fingerprint density at radius 2 is 1.72 bits per heavy atom. The number of sulfonamides is 1. The minimum absolute atomic E-state index is 0.0215. The third-order valence-electron chi connectivity index (χ3n) is 2.16. The summed E-state index contributed by atoms with van der Waals surface area (Å²) < 4.78 is 25.1. The summed E-state index contributed by atoms with van der Waals surface area (Å²) in [6, 6.07) is 6.48. The van der Waals surface area contributed by atoms with Crippen molar-refractivity contribution in [3.8, 4) is 0 Å². The smallest absolute Gasteiger partial charge is 0.238 e. The molecule has 0 bridgehead atoms. The highest BCUT2D eigenvalue weighted by atomic mass is 32.2. The number of benzene rings is 1. The molecular weight excluding hydrogens is 254 g/mol. The lowest BCUT2D eigenvalue weighted by molar-refractivity contribution is -0.115. The van der Waals surface area contributed by atoms with Gasteiger partial charge in [-0.2, -0.15) is 0 Å². The molecule has 0 radical (unpaired) electrons. The minimum Gasteiger partial charge on any atom is -0.325 e. The van der Waals surface area contributed by atoms with Gasteiger partial charge in [-0.15, -0.1) is 0 Å². The summed E-state index contributed by atoms with van der Waals surface area (Å²) in [5, 5.41) is 5.40. The molecule has 3 N–H and O–H groups in total. The molecule has 7 heteroatoms. The molecule has 0 atom stereocenters. The highest BCUT2D eigenvalue weighted by Crippen LogP contribution is 2.14. The number of anilines is 2. The molecule has 0 aliphatic rings. The summed E-state index contributed by atoms with van der Waals surface area (Å²) in [7, 11) is -1.58. The van der Waals surface area contributed by atoms with Crippen LogP contribution in [0.25, 0.3) is 0 Å². The van der Waals surface area contributed by atoms with Crippen molar-refractivity contribution in [1.29, 1.82) is 0 Å². The van der Waals surface area contributed by atoms with Gasteiger partial charge in [0.2, 0.25) is 15.9 Å². The molecular formula is C11H17N3O3S. The highest BCUT2D eigenvalue weighted by Gasteiger charge is 2.06. The fourth-order valence-electron chi connectivity index (χ4n) is 1.24. The molecule has 1 aromatic rings. The van der Waals surface area contributed by atoms with Crippen molar-refractivity contribution >= 4 is 27.3 Å². The monoisotopic (exact) mass is 271 g/mol. The van der Waals surface area contributed by atoms with Gasteiger partial charge < -0.3 is 10.6 Å². The topological polar surface area (TPSA) is 87.3 Å². The van der Waals surface area contributed by atoms with Gasteiger partial charge in [-0.25, -0.2) is 8.42 Å². The Bertz CT molecular complexity index is 497. The largest absolute Gasteiger partial charge is 0.325 e. The van der Waals surface area contributed by atoms with Crippen LogP contribution in [-0.2, 0) is 14.8 Å². The van der Waals surface area contributed by atoms with E-state index in [1.54, 1.807) is 38.2 Å². The van der Waals surface area contributed by atoms with E-state index in [0.717, 1.165) is 0 Å². The first-order valence-corrected chi connectivity index (χ1v) is 7.17. The van der Waals surface area contributed by atoms with E-state index < -0.39 is 10.0 Å². The van der Waals surface area contributed by atoms with Crippen molar-refractivity contribution in [2.45, 2.75) is 6.92 Å². The van der Waals surface area contributed by atoms with Gasteiger partial charge in [0.15, 0.2) is 0 Å². The van der Waals surface area contributed by atoms with E-state index in [1.165, 1.54) is 0 Å². The molecule has 0 saturated heterocycles. The van der Waals surface area contributed by atoms with Gasteiger partial charge in [0, 0.05) is 11.4 Å². The second-order valence-electron chi connectivity index (χ2n) is 3.66. The third-order valence-corrected chi connectivity index (χ3v) is 3.47. The number of hydrogen-bond donors (Lipinski definition) is 3. The predicted molar refractivity (Wildman–Crippen MR) is 72.1 cm³/mol. The molecule has 0 unspecified atom stereocenters. The minimum atomic E-state index is -3.26. The van der Waals surface area contributed by atoms with Gasteiger partial charge in [-0.1, -0.05) is 0 Å². The lowest BCUT2D eigenvalue weighted by Gasteiger charge is -2.08. The van der Waals surface area contributed by atoms with Gasteiger partial charge in [-0.3, -0.25) is 9.52 Å². The van der Waals surface area contributed by atoms with E-state index in [0.29, 0.717) is 11.4 Å². The number of hydrogen-bond acceptors (Lipinski definition) is 4. The molecule has 0 fully saturated rings. The zero-order chi connectivity index (χ0) is 13.6. The number of rotatable bonds is 6. The molecule has 1 aromatic carbocycles. The lowest BCUT2D eigenvalue weighted by Crippen LogP contribution is -2.25. The van der Waals surface area contributed by atoms with Crippen LogP contribution in [0.1, 0.15) is 6.92 Å². The molecule has 18 heavy (non-hydrogen) atoms. The van der Waals surface area contributed by atoms with Gasteiger partial charge in [0.1, 0.15) is 0 Å². The molecule has 6 nitrogen and oxygen atoms in total. The summed E-state index contributed by atoms with van der Waals surface area (Å²) in [5.74, 6) is -0.132. The van der Waals surface area contributed by atoms with Gasteiger partial charge in [-0.05, 0) is 38.2 Å². The van der Waals surface area contributed by atoms with Crippen LogP contribution in [0.5, 0.6) is 0 Å². The van der Waals surface area contributed by atoms with E-state index in [2.05, 4.69) is 15.4 Å². The van der Waals surface area contributed by atoms with E-state index in [1.807, 2.05) is 0 Å². The average molecular weight is 271 g/mol. The number of amides is 1. The SMILES string of the molecule is CCS(=O)(=O)Nc1ccc(NC(=O)CNC)cc1. The number of likely N-dealkylation sites (N-methyl/N-ethyl adjacent to an activating group) is 1. The standard InChI is InChI=1S/C11H17N3O3S/c1-3-18(16,17)14-10-6-4-9(5-7-10)13-11(15)8-12-2/h4-7,12,14H,3,8H2,1-2H3,(H,13,15). The Balaban J connectivity index is 2.66. The fourth-order valence-corrected chi connectivity index (χ4v) is 1.88. The Morgan fingerprint density at radius 1 is 1.17 bits per heavy atom. The number of nitrogens with one attached hydrogen (secondary N) is 3. The molecule has 0 spiro atoms. The third kappa shape index (κ3) is 4.72. The predicted octanol–water partition coefficient (Wildman–Crippen LogP) is 0.606. The van der Waals surface area contributed by atoms with Crippen molar-refractivity contribution in [3.05, 3.63) is 24.3 Å². The molecule has 0 heterocycles. The summed E-state index contributed by atoms with van der Waals surface area (Å²) >= 11 is 0. The van der Waals surface area contributed by atoms with Crippen LogP contribution in [0.3, 0.4) is 0 Å². The molecule has 0 aliphatic heterocycles. The van der Waals surface area contributed by atoms with Gasteiger partial charge in [0.25, 0.3) is 0 Å². The fraction of sp³-hybridized carbons (Fsp3) is 0.364. The quantitative estimate of drug-likeness (QED) is 0.707. The Hall–Kier alpha value is -1.60. The van der Waals surface area contributed by atoms with E-state index in [4.69, 9.17) is 0 Å². The number of carbonyl (C=O) groups excluding carboxylic acids is 1. The van der Waals surface area contributed by atoms with Crippen molar-refractivity contribution in [1.82, 2.24) is 5.32 Å². The summed E-state index contributed by atoms with van der Waals surface area (Å²) in [6.45, 7) is 1.79. The van der Waals surface area contributed by atoms with Crippen molar-refractivity contribution in [3.63, 3.8) is 0 Å². The van der Waals surface area contributed by atoms with Crippen LogP contribution in [0.2, 0.25) is 0 Å². The second-order valence-corrected chi connectivity index (χ2v) is 5.67. The Labute approximate surface area is 107 Å². The molecule has 1 amide bonds. The zero-order valence-electron chi connectivity index (χ0n) is 10.4. The zero-order valence-corrected chi connectivity index (χ0v) is 11.2. The Kier molecular flexibility index (Phi) is 5.11. The first kappa shape index (κ1) is 14.5. The first-order chi connectivity index (χ1) is 8.46. The average Bonchev–Trinajstić information content (AvgIpc) is 2.32. The maximum Gasteiger partial charge on any atom is 0.238 e. The number of carbonyl (C=O) groups is 1. The summed E-state index contributed by atoms with van der Waals surface area (Å²) in [5.41, 5.74) is 1.10. The van der Waals surface area contributed by atoms with Crippen LogP contribution >= 0.6 is 0 Å². The molecule has 1 rings (SSSR count). The van der Waals surface area contributed by atoms with Crippen LogP contribution in [-0.4, -0.2) is 33.7 Å². The molecule has 100 valence electrons. The van der Waals surface area contributed by atoms with Crippen LogP contribution in [0.15, 0.2) is 24.3 Å². The van der Waals surface area contributed by atoms with Gasteiger partial charge >= 0.3 is 0 Å². The molecule has 0 saturated carbocycles. The maximum atomic E-state index is 11.3. The van der Waals surface area contributed by atoms with Crippen LogP contribution < -0.4 is 15.4 Å². The van der Waals surface area contributed by atoms with Crippen LogP contribution in [0.4, 0.5) is 11.4 Å². The lowest BCUT2D eigenvalue weighted by atomic mass is 10.3. The summed E-state index contributed by atoms with van der Waals surface area (Å²) in [6.07, 6.45) is 0. The molecule has 0 aliphatic carbocycles. The van der Waals surface area contributed by atoms with E-state index in [-0.39, 0.29) is 18.2 Å². The van der Waals surface area contributed by atoms with Gasteiger partial charge in [0.05, 0.1) is 12.3 Å². The summed E-state index contributed by atoms with van der Waals surface area (Å²) in [4.78, 5) is 11.3. The molecule has 0 aromatic heterocycles. The highest BCUT2D eigenvalue weighted by molar-refractivity contribution is 7.92. The van der Waals surface area contributed by atoms with Crippen molar-refractivity contribution < 1.29 is 13.2 Å². The van der Waals surface area contributed by atoms with Crippen molar-refractivity contribution in [2.24, 2.45) is 0 Å². The van der Waals surface area contributed by atoms with Crippen LogP contribution in [0, 0.1) is 0 Å². The Morgan fingerprint density at radius 3 is 2.22 bits per heavy atom. The van der Waals surface area contributed by atoms with E-state index >= 15 is 0 Å². The van der Waals surface area contributed by atoms with E-state index in [9.17, 15) is 13.2 Å². The second kappa shape index (κ2) is 6.36. The van der Waals surface area contributed by atoms with Crippen molar-refractivity contribution in [2.75, 3.05) is 29.4 Å². The maximum absolute atomic E-state index is 11.3. The normalized spacial score (nSPS) is 11.0.